The van der Waals surface area contributed by atoms with Crippen LogP contribution in [-0.4, -0.2) is 15.0 Å². The van der Waals surface area contributed by atoms with E-state index in [9.17, 15) is 0 Å². The largest absolute Gasteiger partial charge is 3.00 e. The average Bonchev–Trinajstić information content (AvgIpc) is 2.49. The number of rotatable bonds is 2. The number of halogens is 3. The van der Waals surface area contributed by atoms with E-state index >= 15 is 0 Å². The van der Waals surface area contributed by atoms with Gasteiger partial charge < -0.3 is 37.2 Å². The van der Waals surface area contributed by atoms with E-state index in [1.165, 1.54) is 0 Å². The summed E-state index contributed by atoms with van der Waals surface area (Å²) in [5.41, 5.74) is 3.62. The zero-order chi connectivity index (χ0) is 12.2. The van der Waals surface area contributed by atoms with Crippen LogP contribution in [0.3, 0.4) is 0 Å². The van der Waals surface area contributed by atoms with Crippen LogP contribution in [0.2, 0.25) is 0 Å². The first kappa shape index (κ1) is 23.3. The number of nitrogens with zero attached hydrogens (tertiary/aromatic N) is 3. The molecule has 0 spiro atoms. The predicted octanol–water partition coefficient (Wildman–Crippen LogP) is -5.78. The third-order valence-electron chi connectivity index (χ3n) is 2.66. The monoisotopic (exact) mass is 535 g/mol. The molecule has 0 aliphatic heterocycles. The zero-order valence-corrected chi connectivity index (χ0v) is 15.6. The molecule has 7 heteroatoms. The van der Waals surface area contributed by atoms with Gasteiger partial charge in [-0.25, -0.2) is 0 Å². The molecule has 0 unspecified atom stereocenters. The van der Waals surface area contributed by atoms with Crippen molar-refractivity contribution in [2.24, 2.45) is 0 Å². The zero-order valence-electron chi connectivity index (χ0n) is 11.1. The fourth-order valence-electron chi connectivity index (χ4n) is 1.84. The summed E-state index contributed by atoms with van der Waals surface area (Å²) >= 11 is 0. The van der Waals surface area contributed by atoms with Crippen molar-refractivity contribution >= 4 is 0 Å². The molecule has 0 saturated heterocycles. The Labute approximate surface area is 163 Å². The van der Waals surface area contributed by atoms with Gasteiger partial charge in [-0.05, 0) is 36.4 Å². The van der Waals surface area contributed by atoms with Crippen molar-refractivity contribution in [3.05, 3.63) is 67.1 Å². The van der Waals surface area contributed by atoms with E-state index in [4.69, 9.17) is 0 Å². The fourth-order valence-corrected chi connectivity index (χ4v) is 1.84. The van der Waals surface area contributed by atoms with Crippen molar-refractivity contribution in [3.63, 3.8) is 0 Å². The van der Waals surface area contributed by atoms with Crippen molar-refractivity contribution in [1.29, 1.82) is 0 Å². The van der Waals surface area contributed by atoms with E-state index in [0.717, 1.165) is 22.6 Å². The van der Waals surface area contributed by atoms with Gasteiger partial charge in [0, 0.05) is 24.2 Å². The molecule has 3 nitrogen and oxygen atoms in total. The SMILES string of the molecule is [Au+3].[Cl-].[Cl-].[Cl-].c1ccc(-c2cccnc2-c2ccccn2)nc1. The number of hydrogen-bond acceptors (Lipinski definition) is 3. The van der Waals surface area contributed by atoms with Crippen LogP contribution in [0.1, 0.15) is 0 Å². The van der Waals surface area contributed by atoms with E-state index in [0.29, 0.717) is 0 Å². The van der Waals surface area contributed by atoms with E-state index in [1.807, 2.05) is 48.5 Å². The Balaban J connectivity index is 0. The van der Waals surface area contributed by atoms with Gasteiger partial charge in [0.2, 0.25) is 0 Å². The summed E-state index contributed by atoms with van der Waals surface area (Å²) in [7, 11) is 0. The maximum Gasteiger partial charge on any atom is 3.00 e. The Morgan fingerprint density at radius 1 is 0.545 bits per heavy atom. The Bertz CT molecular complexity index is 596. The van der Waals surface area contributed by atoms with Gasteiger partial charge in [0.1, 0.15) is 0 Å². The molecule has 0 aliphatic carbocycles. The van der Waals surface area contributed by atoms with Gasteiger partial charge in [-0.15, -0.1) is 0 Å². The molecular weight excluding hydrogens is 526 g/mol. The van der Waals surface area contributed by atoms with Gasteiger partial charge in [-0.2, -0.15) is 0 Å². The Hall–Kier alpha value is -0.940. The number of hydrogen-bond donors (Lipinski definition) is 0. The van der Waals surface area contributed by atoms with Crippen molar-refractivity contribution in [3.8, 4) is 22.6 Å². The third kappa shape index (κ3) is 5.36. The minimum Gasteiger partial charge on any atom is -1.00 e. The molecule has 3 aromatic heterocycles. The standard InChI is InChI=1S/C15H11N3.Au.3ClH/c1-3-9-16-13(7-1)12-6-5-11-18-15(12)14-8-2-4-10-17-14;;;;/h1-11H;;3*1H/q;+3;;;/p-3. The van der Waals surface area contributed by atoms with Crippen LogP contribution < -0.4 is 37.2 Å². The first-order chi connectivity index (χ1) is 8.95. The molecule has 0 bridgehead atoms. The van der Waals surface area contributed by atoms with Crippen molar-refractivity contribution in [2.75, 3.05) is 0 Å². The quantitative estimate of drug-likeness (QED) is 0.307. The van der Waals surface area contributed by atoms with E-state index in [-0.39, 0.29) is 59.6 Å². The van der Waals surface area contributed by atoms with Gasteiger partial charge in [-0.1, -0.05) is 12.1 Å². The molecule has 0 atom stereocenters. The summed E-state index contributed by atoms with van der Waals surface area (Å²) in [4.78, 5) is 13.1. The van der Waals surface area contributed by atoms with Crippen LogP contribution in [0.25, 0.3) is 22.6 Å². The van der Waals surface area contributed by atoms with Gasteiger partial charge in [0.05, 0.1) is 17.1 Å². The van der Waals surface area contributed by atoms with Gasteiger partial charge in [0.25, 0.3) is 0 Å². The molecule has 0 N–H and O–H groups in total. The van der Waals surface area contributed by atoms with E-state index in [2.05, 4.69) is 15.0 Å². The molecule has 0 aromatic carbocycles. The minimum atomic E-state index is 0. The van der Waals surface area contributed by atoms with Crippen LogP contribution >= 0.6 is 0 Å². The van der Waals surface area contributed by atoms with Crippen molar-refractivity contribution in [2.45, 2.75) is 0 Å². The van der Waals surface area contributed by atoms with Crippen molar-refractivity contribution in [1.82, 2.24) is 15.0 Å². The van der Waals surface area contributed by atoms with Gasteiger partial charge in [-0.3, -0.25) is 15.0 Å². The van der Waals surface area contributed by atoms with Crippen LogP contribution in [0.15, 0.2) is 67.1 Å². The molecule has 22 heavy (non-hydrogen) atoms. The van der Waals surface area contributed by atoms with Gasteiger partial charge in [0.15, 0.2) is 0 Å². The fraction of sp³-hybridized carbons (Fsp3) is 0. The molecule has 0 aliphatic rings. The summed E-state index contributed by atoms with van der Waals surface area (Å²) < 4.78 is 0. The smallest absolute Gasteiger partial charge is 1.00 e. The second kappa shape index (κ2) is 11.6. The molecule has 0 amide bonds. The number of aromatic nitrogens is 3. The van der Waals surface area contributed by atoms with Crippen LogP contribution in [0, 0.1) is 0 Å². The predicted molar refractivity (Wildman–Crippen MR) is 70.7 cm³/mol. The van der Waals surface area contributed by atoms with E-state index < -0.39 is 0 Å². The van der Waals surface area contributed by atoms with Crippen LogP contribution in [0.5, 0.6) is 0 Å². The Morgan fingerprint density at radius 2 is 1.09 bits per heavy atom. The average molecular weight is 537 g/mol. The summed E-state index contributed by atoms with van der Waals surface area (Å²) in [6, 6.07) is 15.6. The Morgan fingerprint density at radius 3 is 1.64 bits per heavy atom. The van der Waals surface area contributed by atoms with Crippen molar-refractivity contribution < 1.29 is 59.6 Å². The molecule has 0 saturated carbocycles. The van der Waals surface area contributed by atoms with E-state index in [1.54, 1.807) is 18.6 Å². The molecule has 118 valence electrons. The molecule has 3 aromatic rings. The maximum atomic E-state index is 4.42. The topological polar surface area (TPSA) is 38.7 Å². The second-order valence-corrected chi connectivity index (χ2v) is 3.83. The summed E-state index contributed by atoms with van der Waals surface area (Å²) in [5, 5.41) is 0. The first-order valence-electron chi connectivity index (χ1n) is 5.73. The second-order valence-electron chi connectivity index (χ2n) is 3.83. The summed E-state index contributed by atoms with van der Waals surface area (Å²) in [6.07, 6.45) is 5.33. The van der Waals surface area contributed by atoms with Crippen LogP contribution in [0.4, 0.5) is 0 Å². The summed E-state index contributed by atoms with van der Waals surface area (Å²) in [6.45, 7) is 0. The first-order valence-corrected chi connectivity index (χ1v) is 5.73. The molecule has 3 rings (SSSR count). The Kier molecular flexibility index (Phi) is 12.3. The number of pyridine rings is 3. The maximum absolute atomic E-state index is 4.42. The molecule has 0 radical (unpaired) electrons. The molecule has 3 heterocycles. The normalized spacial score (nSPS) is 8.36. The van der Waals surface area contributed by atoms with Gasteiger partial charge >= 0.3 is 22.4 Å². The minimum absolute atomic E-state index is 0. The van der Waals surface area contributed by atoms with Crippen LogP contribution in [-0.2, 0) is 22.4 Å². The summed E-state index contributed by atoms with van der Waals surface area (Å²) in [5.74, 6) is 0. The third-order valence-corrected chi connectivity index (χ3v) is 2.66. The molecule has 0 fully saturated rings. The molecular formula is C15H11AuCl3N3.